The molecule has 1 rings (SSSR count). The first-order valence-electron chi connectivity index (χ1n) is 5.73. The van der Waals surface area contributed by atoms with E-state index in [2.05, 4.69) is 23.3 Å². The topological polar surface area (TPSA) is 34.1 Å². The van der Waals surface area contributed by atoms with Gasteiger partial charge in [0.15, 0.2) is 0 Å². The van der Waals surface area contributed by atoms with E-state index in [0.717, 1.165) is 25.5 Å². The Morgan fingerprint density at radius 1 is 1.50 bits per heavy atom. The maximum Gasteiger partial charge on any atom is 0.0627 e. The van der Waals surface area contributed by atoms with Crippen molar-refractivity contribution >= 4 is 6.08 Å². The van der Waals surface area contributed by atoms with E-state index in [1.807, 2.05) is 31.2 Å². The number of nitrogens with zero attached hydrogens (tertiary/aromatic N) is 1. The molecule has 1 unspecified atom stereocenters. The van der Waals surface area contributed by atoms with Gasteiger partial charge in [0, 0.05) is 25.4 Å². The molecular formula is C13H20N2O. The summed E-state index contributed by atoms with van der Waals surface area (Å²) in [7, 11) is 0. The quantitative estimate of drug-likeness (QED) is 0.715. The Morgan fingerprint density at radius 3 is 3.06 bits per heavy atom. The minimum Gasteiger partial charge on any atom is -0.380 e. The zero-order valence-electron chi connectivity index (χ0n) is 10.0. The minimum atomic E-state index is 0.336. The zero-order chi connectivity index (χ0) is 11.6. The molecule has 3 heteroatoms. The van der Waals surface area contributed by atoms with Gasteiger partial charge in [0.25, 0.3) is 0 Å². The second kappa shape index (κ2) is 8.02. The van der Waals surface area contributed by atoms with Gasteiger partial charge in [-0.3, -0.25) is 4.98 Å². The molecule has 1 aromatic rings. The highest BCUT2D eigenvalue weighted by Gasteiger charge is 1.94. The molecule has 1 heterocycles. The van der Waals surface area contributed by atoms with Crippen LogP contribution in [0.1, 0.15) is 19.5 Å². The van der Waals surface area contributed by atoms with Gasteiger partial charge in [-0.2, -0.15) is 0 Å². The fourth-order valence-electron chi connectivity index (χ4n) is 1.29. The molecule has 0 aliphatic rings. The molecule has 0 aliphatic carbocycles. The number of nitrogens with one attached hydrogen (secondary N) is 1. The summed E-state index contributed by atoms with van der Waals surface area (Å²) < 4.78 is 5.25. The second-order valence-electron chi connectivity index (χ2n) is 3.55. The van der Waals surface area contributed by atoms with Crippen LogP contribution >= 0.6 is 0 Å². The van der Waals surface area contributed by atoms with Crippen molar-refractivity contribution in [1.82, 2.24) is 10.3 Å². The fourth-order valence-corrected chi connectivity index (χ4v) is 1.29. The molecule has 1 aromatic heterocycles. The molecule has 0 aliphatic heterocycles. The molecule has 0 spiro atoms. The van der Waals surface area contributed by atoms with Crippen molar-refractivity contribution in [2.75, 3.05) is 19.8 Å². The van der Waals surface area contributed by atoms with Gasteiger partial charge in [0.05, 0.1) is 12.3 Å². The smallest absolute Gasteiger partial charge is 0.0627 e. The molecule has 0 radical (unpaired) electrons. The lowest BCUT2D eigenvalue weighted by Gasteiger charge is -2.08. The van der Waals surface area contributed by atoms with Crippen LogP contribution in [0.4, 0.5) is 0 Å². The molecule has 0 fully saturated rings. The first-order valence-corrected chi connectivity index (χ1v) is 5.73. The predicted molar refractivity (Wildman–Crippen MR) is 67.2 cm³/mol. The molecule has 16 heavy (non-hydrogen) atoms. The Labute approximate surface area is 97.5 Å². The van der Waals surface area contributed by atoms with Crippen molar-refractivity contribution in [2.24, 2.45) is 0 Å². The van der Waals surface area contributed by atoms with Crippen molar-refractivity contribution in [2.45, 2.75) is 19.9 Å². The maximum atomic E-state index is 5.25. The predicted octanol–water partition coefficient (Wildman–Crippen LogP) is 2.11. The van der Waals surface area contributed by atoms with Crippen LogP contribution in [0.15, 0.2) is 30.5 Å². The molecule has 0 saturated heterocycles. The molecule has 88 valence electrons. The number of ether oxygens (including phenoxy) is 1. The van der Waals surface area contributed by atoms with Crippen LogP contribution in [0.2, 0.25) is 0 Å². The normalized spacial score (nSPS) is 13.1. The Kier molecular flexibility index (Phi) is 6.45. The standard InChI is InChI=1S/C13H20N2O/c1-3-16-11-10-14-12(2)7-8-13-6-4-5-9-15-13/h4-9,12,14H,3,10-11H2,1-2H3. The van der Waals surface area contributed by atoms with Gasteiger partial charge >= 0.3 is 0 Å². The lowest BCUT2D eigenvalue weighted by atomic mass is 10.2. The van der Waals surface area contributed by atoms with E-state index in [0.29, 0.717) is 6.04 Å². The van der Waals surface area contributed by atoms with Crippen molar-refractivity contribution < 1.29 is 4.74 Å². The third-order valence-electron chi connectivity index (χ3n) is 2.16. The molecule has 0 bridgehead atoms. The molecule has 1 N–H and O–H groups in total. The first kappa shape index (κ1) is 12.9. The van der Waals surface area contributed by atoms with Gasteiger partial charge in [-0.15, -0.1) is 0 Å². The summed E-state index contributed by atoms with van der Waals surface area (Å²) in [6, 6.07) is 6.23. The van der Waals surface area contributed by atoms with Gasteiger partial charge in [-0.25, -0.2) is 0 Å². The summed E-state index contributed by atoms with van der Waals surface area (Å²) in [5, 5.41) is 3.35. The summed E-state index contributed by atoms with van der Waals surface area (Å²) in [6.45, 7) is 6.54. The Bertz CT molecular complexity index is 298. The van der Waals surface area contributed by atoms with E-state index in [4.69, 9.17) is 4.74 Å². The summed E-state index contributed by atoms with van der Waals surface area (Å²) >= 11 is 0. The van der Waals surface area contributed by atoms with Crippen LogP contribution in [0.25, 0.3) is 6.08 Å². The van der Waals surface area contributed by atoms with E-state index in [1.54, 1.807) is 6.20 Å². The summed E-state index contributed by atoms with van der Waals surface area (Å²) in [6.07, 6.45) is 5.93. The Morgan fingerprint density at radius 2 is 2.38 bits per heavy atom. The van der Waals surface area contributed by atoms with Gasteiger partial charge in [0.1, 0.15) is 0 Å². The third kappa shape index (κ3) is 5.63. The number of rotatable bonds is 7. The van der Waals surface area contributed by atoms with Crippen LogP contribution in [-0.4, -0.2) is 30.8 Å². The second-order valence-corrected chi connectivity index (χ2v) is 3.55. The monoisotopic (exact) mass is 220 g/mol. The number of aromatic nitrogens is 1. The summed E-state index contributed by atoms with van der Waals surface area (Å²) in [4.78, 5) is 4.22. The van der Waals surface area contributed by atoms with E-state index >= 15 is 0 Å². The van der Waals surface area contributed by atoms with Crippen LogP contribution in [0.5, 0.6) is 0 Å². The molecule has 3 nitrogen and oxygen atoms in total. The van der Waals surface area contributed by atoms with Crippen LogP contribution in [-0.2, 0) is 4.74 Å². The summed E-state index contributed by atoms with van der Waals surface area (Å²) in [5.41, 5.74) is 0.987. The van der Waals surface area contributed by atoms with Gasteiger partial charge in [-0.1, -0.05) is 12.1 Å². The van der Waals surface area contributed by atoms with Crippen LogP contribution in [0, 0.1) is 0 Å². The molecule has 1 atom stereocenters. The van der Waals surface area contributed by atoms with E-state index in [1.165, 1.54) is 0 Å². The minimum absolute atomic E-state index is 0.336. The zero-order valence-corrected chi connectivity index (χ0v) is 10.0. The molecule has 0 aromatic carbocycles. The van der Waals surface area contributed by atoms with Crippen molar-refractivity contribution in [3.8, 4) is 0 Å². The fraction of sp³-hybridized carbons (Fsp3) is 0.462. The lowest BCUT2D eigenvalue weighted by molar-refractivity contribution is 0.148. The number of hydrogen-bond acceptors (Lipinski definition) is 3. The average Bonchev–Trinajstić information content (AvgIpc) is 2.33. The van der Waals surface area contributed by atoms with Crippen LogP contribution < -0.4 is 5.32 Å². The highest BCUT2D eigenvalue weighted by Crippen LogP contribution is 1.97. The SMILES string of the molecule is CCOCCNC(C)C=Cc1ccccn1. The molecular weight excluding hydrogens is 200 g/mol. The van der Waals surface area contributed by atoms with Gasteiger partial charge < -0.3 is 10.1 Å². The average molecular weight is 220 g/mol. The van der Waals surface area contributed by atoms with Gasteiger partial charge in [-0.05, 0) is 32.1 Å². The van der Waals surface area contributed by atoms with E-state index in [-0.39, 0.29) is 0 Å². The largest absolute Gasteiger partial charge is 0.380 e. The van der Waals surface area contributed by atoms with E-state index in [9.17, 15) is 0 Å². The third-order valence-corrected chi connectivity index (χ3v) is 2.16. The maximum absolute atomic E-state index is 5.25. The number of pyridine rings is 1. The van der Waals surface area contributed by atoms with Crippen molar-refractivity contribution in [1.29, 1.82) is 0 Å². The highest BCUT2D eigenvalue weighted by molar-refractivity contribution is 5.44. The molecule has 0 saturated carbocycles. The van der Waals surface area contributed by atoms with Crippen LogP contribution in [0.3, 0.4) is 0 Å². The number of hydrogen-bond donors (Lipinski definition) is 1. The van der Waals surface area contributed by atoms with Crippen molar-refractivity contribution in [3.63, 3.8) is 0 Å². The van der Waals surface area contributed by atoms with E-state index < -0.39 is 0 Å². The first-order chi connectivity index (χ1) is 7.83. The van der Waals surface area contributed by atoms with Crippen molar-refractivity contribution in [3.05, 3.63) is 36.2 Å². The molecule has 0 amide bonds. The lowest BCUT2D eigenvalue weighted by Crippen LogP contribution is -2.27. The highest BCUT2D eigenvalue weighted by atomic mass is 16.5. The Balaban J connectivity index is 2.23. The Hall–Kier alpha value is -1.19. The van der Waals surface area contributed by atoms with Gasteiger partial charge in [0.2, 0.25) is 0 Å². The summed E-state index contributed by atoms with van der Waals surface area (Å²) in [5.74, 6) is 0.